The lowest BCUT2D eigenvalue weighted by atomic mass is 10.2. The predicted octanol–water partition coefficient (Wildman–Crippen LogP) is 3.73. The fourth-order valence-corrected chi connectivity index (χ4v) is 4.61. The summed E-state index contributed by atoms with van der Waals surface area (Å²) in [6.07, 6.45) is 2.35. The van der Waals surface area contributed by atoms with Crippen LogP contribution in [0.1, 0.15) is 37.1 Å². The molecule has 9 nitrogen and oxygen atoms in total. The summed E-state index contributed by atoms with van der Waals surface area (Å²) in [7, 11) is -3.52. The van der Waals surface area contributed by atoms with E-state index in [0.717, 1.165) is 18.4 Å². The van der Waals surface area contributed by atoms with Crippen molar-refractivity contribution in [3.05, 3.63) is 65.0 Å². The van der Waals surface area contributed by atoms with Crippen molar-refractivity contribution in [2.24, 2.45) is 4.99 Å². The number of nitrogens with zero attached hydrogens (tertiary/aromatic N) is 3. The van der Waals surface area contributed by atoms with Crippen LogP contribution in [-0.4, -0.2) is 37.0 Å². The average Bonchev–Trinajstić information content (AvgIpc) is 3.38. The van der Waals surface area contributed by atoms with Crippen LogP contribution in [0.3, 0.4) is 0 Å². The molecule has 2 heterocycles. The van der Waals surface area contributed by atoms with Crippen molar-refractivity contribution in [3.8, 4) is 11.5 Å². The van der Waals surface area contributed by atoms with E-state index in [1.807, 2.05) is 0 Å². The second-order valence-corrected chi connectivity index (χ2v) is 9.40. The molecule has 0 fully saturated rings. The minimum absolute atomic E-state index is 0.0906. The summed E-state index contributed by atoms with van der Waals surface area (Å²) in [6, 6.07) is 13.7. The van der Waals surface area contributed by atoms with Crippen LogP contribution in [-0.2, 0) is 26.2 Å². The highest BCUT2D eigenvalue weighted by Gasteiger charge is 2.29. The molecule has 0 unspecified atom stereocenters. The van der Waals surface area contributed by atoms with Gasteiger partial charge in [-0.05, 0) is 49.2 Å². The molecular weight excluding hydrogens is 468 g/mol. The number of carbonyl (C=O) groups is 1. The second kappa shape index (κ2) is 10.1. The maximum atomic E-state index is 12.1. The summed E-state index contributed by atoms with van der Waals surface area (Å²) in [4.78, 5) is 16.6. The summed E-state index contributed by atoms with van der Waals surface area (Å²) < 4.78 is 37.3. The maximum absolute atomic E-state index is 12.1. The van der Waals surface area contributed by atoms with Crippen LogP contribution < -0.4 is 4.72 Å². The van der Waals surface area contributed by atoms with Gasteiger partial charge in [-0.2, -0.15) is 0 Å². The van der Waals surface area contributed by atoms with Gasteiger partial charge in [-0.25, -0.2) is 8.42 Å². The second-order valence-electron chi connectivity index (χ2n) is 7.31. The van der Waals surface area contributed by atoms with Crippen molar-refractivity contribution in [2.75, 3.05) is 6.54 Å². The highest BCUT2D eigenvalue weighted by molar-refractivity contribution is 7.90. The van der Waals surface area contributed by atoms with Gasteiger partial charge >= 0.3 is 5.97 Å². The van der Waals surface area contributed by atoms with Crippen LogP contribution in [0, 0.1) is 0 Å². The van der Waals surface area contributed by atoms with E-state index in [1.165, 1.54) is 0 Å². The number of aromatic nitrogens is 2. The zero-order valence-electron chi connectivity index (χ0n) is 17.5. The third kappa shape index (κ3) is 5.77. The minimum atomic E-state index is -3.52. The van der Waals surface area contributed by atoms with Crippen molar-refractivity contribution in [1.82, 2.24) is 14.9 Å². The Morgan fingerprint density at radius 3 is 2.67 bits per heavy atom. The van der Waals surface area contributed by atoms with E-state index in [0.29, 0.717) is 35.3 Å². The number of hydrogen-bond acceptors (Lipinski definition) is 8. The number of benzene rings is 2. The summed E-state index contributed by atoms with van der Waals surface area (Å²) in [5, 5.41) is 8.43. The number of unbranched alkanes of at least 4 members (excludes halogenated alkanes) is 2. The lowest BCUT2D eigenvalue weighted by molar-refractivity contribution is -0.145. The monoisotopic (exact) mass is 488 g/mol. The summed E-state index contributed by atoms with van der Waals surface area (Å²) in [5.41, 5.74) is 1.31. The third-order valence-corrected chi connectivity index (χ3v) is 6.54. The summed E-state index contributed by atoms with van der Waals surface area (Å²) in [6.45, 7) is 0.364. The number of fused-ring (bicyclic) bond motifs is 1. The molecule has 33 heavy (non-hydrogen) atoms. The van der Waals surface area contributed by atoms with E-state index >= 15 is 0 Å². The first-order valence-corrected chi connectivity index (χ1v) is 12.2. The van der Waals surface area contributed by atoms with Crippen LogP contribution in [0.25, 0.3) is 11.5 Å². The van der Waals surface area contributed by atoms with Crippen molar-refractivity contribution in [3.63, 3.8) is 0 Å². The topological polar surface area (TPSA) is 124 Å². The summed E-state index contributed by atoms with van der Waals surface area (Å²) in [5.74, 6) is 0.544. The molecule has 11 heteroatoms. The van der Waals surface area contributed by atoms with Crippen molar-refractivity contribution < 1.29 is 22.4 Å². The zero-order valence-corrected chi connectivity index (χ0v) is 19.1. The number of aliphatic imine (C=N–C) groups is 1. The smallest absolute Gasteiger partial charge is 0.306 e. The molecule has 0 bridgehead atoms. The van der Waals surface area contributed by atoms with E-state index in [-0.39, 0.29) is 29.8 Å². The predicted molar refractivity (Wildman–Crippen MR) is 121 cm³/mol. The summed E-state index contributed by atoms with van der Waals surface area (Å²) >= 11 is 5.86. The Morgan fingerprint density at radius 1 is 1.06 bits per heavy atom. The van der Waals surface area contributed by atoms with Gasteiger partial charge in [-0.15, -0.1) is 10.2 Å². The number of esters is 1. The molecule has 0 saturated heterocycles. The molecule has 172 valence electrons. The molecule has 2 aromatic carbocycles. The van der Waals surface area contributed by atoms with Crippen molar-refractivity contribution in [2.45, 2.75) is 37.2 Å². The molecule has 4 rings (SSSR count). The fourth-order valence-electron chi connectivity index (χ4n) is 3.24. The van der Waals surface area contributed by atoms with Crippen molar-refractivity contribution >= 4 is 33.4 Å². The number of nitrogens with one attached hydrogen (secondary N) is 1. The average molecular weight is 489 g/mol. The van der Waals surface area contributed by atoms with Crippen LogP contribution >= 0.6 is 11.6 Å². The van der Waals surface area contributed by atoms with Gasteiger partial charge in [0.2, 0.25) is 5.89 Å². The Kier molecular flexibility index (Phi) is 7.05. The number of sulfonamides is 1. The van der Waals surface area contributed by atoms with Crippen molar-refractivity contribution in [1.29, 1.82) is 0 Å². The Labute approximate surface area is 195 Å². The van der Waals surface area contributed by atoms with Gasteiger partial charge in [-0.1, -0.05) is 30.2 Å². The molecule has 0 saturated carbocycles. The largest absolute Gasteiger partial charge is 0.456 e. The molecule has 0 spiro atoms. The number of amidine groups is 1. The molecule has 0 radical (unpaired) electrons. The van der Waals surface area contributed by atoms with Gasteiger partial charge in [0.25, 0.3) is 15.9 Å². The number of ether oxygens (including phenoxy) is 1. The number of hydrogen-bond donors (Lipinski definition) is 1. The highest BCUT2D eigenvalue weighted by Crippen LogP contribution is 2.22. The first-order chi connectivity index (χ1) is 15.9. The molecule has 0 atom stereocenters. The van der Waals surface area contributed by atoms with Gasteiger partial charge in [-0.3, -0.25) is 14.5 Å². The van der Waals surface area contributed by atoms with E-state index in [4.69, 9.17) is 20.8 Å². The standard InChI is InChI=1S/C22H21ClN4O5S/c23-16-11-9-15(10-12-16)22-26-25-19(32-22)14-31-20(28)8-2-1-5-13-24-21-17-6-3-4-7-18(17)33(29,30)27-21/h3-4,6-7,9-12H,1-2,5,8,13-14H2,(H,24,27). The molecule has 0 amide bonds. The van der Waals surface area contributed by atoms with E-state index in [1.54, 1.807) is 48.5 Å². The zero-order chi connectivity index (χ0) is 23.3. The van der Waals surface area contributed by atoms with E-state index in [9.17, 15) is 13.2 Å². The molecule has 3 aromatic rings. The van der Waals surface area contributed by atoms with Crippen LogP contribution in [0.5, 0.6) is 0 Å². The molecule has 1 N–H and O–H groups in total. The molecule has 1 aliphatic heterocycles. The molecule has 1 aliphatic rings. The Morgan fingerprint density at radius 2 is 1.85 bits per heavy atom. The third-order valence-electron chi connectivity index (χ3n) is 4.89. The van der Waals surface area contributed by atoms with Gasteiger partial charge in [0.15, 0.2) is 6.61 Å². The molecule has 1 aromatic heterocycles. The number of halogens is 1. The SMILES string of the molecule is O=C(CCCCCN=C1NS(=O)(=O)c2ccccc21)OCc1nnc(-c2ccc(Cl)cc2)o1. The quantitative estimate of drug-likeness (QED) is 0.359. The normalized spacial score (nSPS) is 15.2. The van der Waals surface area contributed by atoms with Crippen LogP contribution in [0.15, 0.2) is 62.8 Å². The first kappa shape index (κ1) is 22.9. The van der Waals surface area contributed by atoms with Gasteiger partial charge in [0, 0.05) is 29.1 Å². The Bertz CT molecular complexity index is 1270. The van der Waals surface area contributed by atoms with Gasteiger partial charge < -0.3 is 9.15 Å². The highest BCUT2D eigenvalue weighted by atomic mass is 35.5. The number of rotatable bonds is 9. The van der Waals surface area contributed by atoms with Crippen LogP contribution in [0.2, 0.25) is 5.02 Å². The molecule has 0 aliphatic carbocycles. The minimum Gasteiger partial charge on any atom is -0.456 e. The van der Waals surface area contributed by atoms with Gasteiger partial charge in [0.05, 0.1) is 4.90 Å². The Hall–Kier alpha value is -3.24. The fraction of sp³-hybridized carbons (Fsp3) is 0.273. The molecular formula is C22H21ClN4O5S. The van der Waals surface area contributed by atoms with E-state index < -0.39 is 10.0 Å². The number of carbonyl (C=O) groups excluding carboxylic acids is 1. The first-order valence-electron chi connectivity index (χ1n) is 10.3. The maximum Gasteiger partial charge on any atom is 0.306 e. The lowest BCUT2D eigenvalue weighted by Gasteiger charge is -2.02. The van der Waals surface area contributed by atoms with Crippen LogP contribution in [0.4, 0.5) is 0 Å². The van der Waals surface area contributed by atoms with E-state index in [2.05, 4.69) is 19.9 Å². The van der Waals surface area contributed by atoms with Gasteiger partial charge in [0.1, 0.15) is 5.84 Å². The Balaban J connectivity index is 1.15. The lowest BCUT2D eigenvalue weighted by Crippen LogP contribution is -2.22.